The summed E-state index contributed by atoms with van der Waals surface area (Å²) < 4.78 is 0. The Kier molecular flexibility index (Phi) is 8.24. The van der Waals surface area contributed by atoms with Gasteiger partial charge in [-0.3, -0.25) is 14.8 Å². The van der Waals surface area contributed by atoms with Crippen molar-refractivity contribution < 1.29 is 4.79 Å². The molecule has 8 heteroatoms. The first-order valence-electron chi connectivity index (χ1n) is 9.91. The first-order valence-corrected chi connectivity index (χ1v) is 10.4. The molecule has 166 valence electrons. The maximum Gasteiger partial charge on any atom is 0.255 e. The van der Waals surface area contributed by atoms with Crippen molar-refractivity contribution in [3.8, 4) is 6.07 Å². The van der Waals surface area contributed by atoms with Gasteiger partial charge in [-0.05, 0) is 63.1 Å². The second-order valence-electron chi connectivity index (χ2n) is 7.69. The van der Waals surface area contributed by atoms with Crippen LogP contribution in [0.2, 0.25) is 0 Å². The molecule has 0 heterocycles. The van der Waals surface area contributed by atoms with E-state index in [4.69, 9.17) is 11.6 Å². The number of anilines is 2. The minimum Gasteiger partial charge on any atom is -0.397 e. The molecule has 0 saturated carbocycles. The molecule has 0 aromatic heterocycles. The Labute approximate surface area is 194 Å². The zero-order valence-electron chi connectivity index (χ0n) is 18.6. The van der Waals surface area contributed by atoms with Gasteiger partial charge in [-0.25, -0.2) is 5.84 Å². The first kappa shape index (κ1) is 24.7. The van der Waals surface area contributed by atoms with Crippen molar-refractivity contribution in [1.29, 1.82) is 5.26 Å². The van der Waals surface area contributed by atoms with Gasteiger partial charge in [-0.15, -0.1) is 12.6 Å². The Morgan fingerprint density at radius 1 is 1.28 bits per heavy atom. The molecule has 0 unspecified atom stereocenters. The number of nitriles is 1. The van der Waals surface area contributed by atoms with Crippen LogP contribution in [-0.2, 0) is 5.41 Å². The van der Waals surface area contributed by atoms with Crippen LogP contribution in [0.5, 0.6) is 0 Å². The zero-order chi connectivity index (χ0) is 23.9. The largest absolute Gasteiger partial charge is 0.397 e. The Morgan fingerprint density at radius 2 is 2.00 bits per heavy atom. The predicted octanol–water partition coefficient (Wildman–Crippen LogP) is 4.39. The lowest BCUT2D eigenvalue weighted by molar-refractivity contribution is 0.102. The normalized spacial score (nSPS) is 12.5. The first-order chi connectivity index (χ1) is 15.1. The summed E-state index contributed by atoms with van der Waals surface area (Å²) in [7, 11) is 0. The number of nitrogens with two attached hydrogens (primary N) is 2. The van der Waals surface area contributed by atoms with E-state index in [1.807, 2.05) is 32.9 Å². The van der Waals surface area contributed by atoms with E-state index < -0.39 is 5.41 Å². The fraction of sp³-hybridized carbons (Fsp3) is 0.208. The number of nitrogens with one attached hydrogen (secondary N) is 1. The van der Waals surface area contributed by atoms with E-state index in [0.29, 0.717) is 27.5 Å². The molecule has 0 saturated heterocycles. The lowest BCUT2D eigenvalue weighted by atomic mass is 9.85. The van der Waals surface area contributed by atoms with Gasteiger partial charge in [-0.1, -0.05) is 18.2 Å². The van der Waals surface area contributed by atoms with Crippen LogP contribution < -0.4 is 21.9 Å². The highest BCUT2D eigenvalue weighted by molar-refractivity contribution is 7.84. The number of amides is 1. The van der Waals surface area contributed by atoms with Crippen molar-refractivity contribution in [2.75, 3.05) is 10.3 Å². The third-order valence-electron chi connectivity index (χ3n) is 4.79. The molecule has 1 amide bonds. The van der Waals surface area contributed by atoms with Crippen LogP contribution in [0.15, 0.2) is 70.5 Å². The molecular weight excluding hydrogens is 420 g/mol. The Morgan fingerprint density at radius 3 is 2.66 bits per heavy atom. The van der Waals surface area contributed by atoms with E-state index in [1.54, 1.807) is 43.5 Å². The lowest BCUT2D eigenvalue weighted by Crippen LogP contribution is -2.27. The van der Waals surface area contributed by atoms with Crippen LogP contribution in [0, 0.1) is 18.3 Å². The van der Waals surface area contributed by atoms with Gasteiger partial charge in [0.15, 0.2) is 0 Å². The van der Waals surface area contributed by atoms with E-state index in [-0.39, 0.29) is 5.91 Å². The van der Waals surface area contributed by atoms with Crippen LogP contribution in [0.25, 0.3) is 0 Å². The number of aliphatic imine (C=N–C) groups is 1. The Hall–Kier alpha value is -3.54. The number of aryl methyl sites for hydroxylation is 1. The van der Waals surface area contributed by atoms with Crippen molar-refractivity contribution >= 4 is 36.1 Å². The smallest absolute Gasteiger partial charge is 0.255 e. The van der Waals surface area contributed by atoms with Crippen molar-refractivity contribution in [3.05, 3.63) is 82.2 Å². The van der Waals surface area contributed by atoms with Gasteiger partial charge < -0.3 is 11.1 Å². The Balaban J connectivity index is 2.27. The molecule has 0 bridgehead atoms. The molecule has 32 heavy (non-hydrogen) atoms. The molecule has 0 atom stereocenters. The quantitative estimate of drug-likeness (QED) is 0.165. The summed E-state index contributed by atoms with van der Waals surface area (Å²) in [5.74, 6) is 5.91. The fourth-order valence-electron chi connectivity index (χ4n) is 2.79. The standard InChI is InChI=1S/C24H28N6OS/c1-5-28-13-22(32)20(26)14-30(27)21-12-19(10-9-16(21)2)29-23(31)17-7-6-8-18(11-17)24(3,4)15-25/h5-14,32H,26-27H2,1-4H3,(H,29,31)/b20-14-,22-13-,28-5?. The third kappa shape index (κ3) is 6.23. The Bertz CT molecular complexity index is 1130. The molecule has 0 aliphatic rings. The van der Waals surface area contributed by atoms with Gasteiger partial charge in [-0.2, -0.15) is 5.26 Å². The SMILES string of the molecule is CC=N/C=C(S)/C(N)=C/N(N)c1cc(NC(=O)c2cccc(C(C)(C)C#N)c2)ccc1C. The monoisotopic (exact) mass is 448 g/mol. The van der Waals surface area contributed by atoms with Crippen molar-refractivity contribution in [3.63, 3.8) is 0 Å². The summed E-state index contributed by atoms with van der Waals surface area (Å²) in [6.07, 6.45) is 4.68. The highest BCUT2D eigenvalue weighted by Crippen LogP contribution is 2.26. The molecule has 2 aromatic rings. The molecule has 0 radical (unpaired) electrons. The topological polar surface area (TPSA) is 121 Å². The van der Waals surface area contributed by atoms with Crippen molar-refractivity contribution in [2.24, 2.45) is 16.6 Å². The minimum atomic E-state index is -0.692. The molecule has 7 nitrogen and oxygen atoms in total. The fourth-order valence-corrected chi connectivity index (χ4v) is 2.91. The van der Waals surface area contributed by atoms with Gasteiger partial charge in [0.1, 0.15) is 0 Å². The van der Waals surface area contributed by atoms with E-state index in [1.165, 1.54) is 17.4 Å². The predicted molar refractivity (Wildman–Crippen MR) is 134 cm³/mol. The summed E-state index contributed by atoms with van der Waals surface area (Å²) >= 11 is 4.31. The number of benzene rings is 2. The van der Waals surface area contributed by atoms with E-state index in [0.717, 1.165) is 11.1 Å². The summed E-state index contributed by atoms with van der Waals surface area (Å²) in [6, 6.07) is 14.7. The summed E-state index contributed by atoms with van der Waals surface area (Å²) in [5, 5.41) is 13.6. The second-order valence-corrected chi connectivity index (χ2v) is 8.17. The maximum atomic E-state index is 12.8. The number of carbonyl (C=O) groups excluding carboxylic acids is 1. The maximum absolute atomic E-state index is 12.8. The molecule has 0 aliphatic heterocycles. The van der Waals surface area contributed by atoms with Gasteiger partial charge in [0, 0.05) is 34.8 Å². The summed E-state index contributed by atoms with van der Waals surface area (Å²) in [4.78, 5) is 17.3. The number of hydrogen-bond acceptors (Lipinski definition) is 7. The second kappa shape index (κ2) is 10.7. The molecule has 2 rings (SSSR count). The molecule has 0 spiro atoms. The minimum absolute atomic E-state index is 0.285. The van der Waals surface area contributed by atoms with Crippen LogP contribution >= 0.6 is 12.6 Å². The van der Waals surface area contributed by atoms with Gasteiger partial charge in [0.25, 0.3) is 5.91 Å². The van der Waals surface area contributed by atoms with Crippen molar-refractivity contribution in [2.45, 2.75) is 33.1 Å². The van der Waals surface area contributed by atoms with Crippen LogP contribution in [0.1, 0.15) is 42.3 Å². The number of hydrogen-bond donors (Lipinski definition) is 4. The van der Waals surface area contributed by atoms with E-state index in [9.17, 15) is 10.1 Å². The van der Waals surface area contributed by atoms with Gasteiger partial charge in [0.05, 0.1) is 22.9 Å². The molecule has 0 fully saturated rings. The van der Waals surface area contributed by atoms with Crippen LogP contribution in [0.4, 0.5) is 11.4 Å². The number of rotatable bonds is 7. The molecule has 0 aliphatic carbocycles. The van der Waals surface area contributed by atoms with Gasteiger partial charge in [0.2, 0.25) is 0 Å². The molecular formula is C24H28N6OS. The molecule has 5 N–H and O–H groups in total. The van der Waals surface area contributed by atoms with E-state index in [2.05, 4.69) is 29.0 Å². The summed E-state index contributed by atoms with van der Waals surface area (Å²) in [5.41, 5.74) is 9.03. The van der Waals surface area contributed by atoms with Crippen LogP contribution in [-0.4, -0.2) is 12.1 Å². The average Bonchev–Trinajstić information content (AvgIpc) is 2.78. The zero-order valence-corrected chi connectivity index (χ0v) is 19.5. The molecule has 2 aromatic carbocycles. The summed E-state index contributed by atoms with van der Waals surface area (Å²) in [6.45, 7) is 7.31. The third-order valence-corrected chi connectivity index (χ3v) is 5.16. The number of carbonyl (C=O) groups is 1. The van der Waals surface area contributed by atoms with Crippen molar-refractivity contribution in [1.82, 2.24) is 0 Å². The lowest BCUT2D eigenvalue weighted by Gasteiger charge is -2.19. The highest BCUT2D eigenvalue weighted by atomic mass is 32.1. The van der Waals surface area contributed by atoms with Crippen LogP contribution in [0.3, 0.4) is 0 Å². The van der Waals surface area contributed by atoms with Gasteiger partial charge >= 0.3 is 0 Å². The highest BCUT2D eigenvalue weighted by Gasteiger charge is 2.21. The average molecular weight is 449 g/mol. The number of nitrogens with zero attached hydrogens (tertiary/aromatic N) is 3. The number of hydrazine groups is 1. The van der Waals surface area contributed by atoms with E-state index >= 15 is 0 Å². The number of thiol groups is 1.